The first-order valence-electron chi connectivity index (χ1n) is 7.63. The van der Waals surface area contributed by atoms with E-state index in [4.69, 9.17) is 11.6 Å². The first-order valence-corrected chi connectivity index (χ1v) is 9.90. The average molecular weight is 368 g/mol. The lowest BCUT2D eigenvalue weighted by Crippen LogP contribution is -2.27. The summed E-state index contributed by atoms with van der Waals surface area (Å²) < 4.78 is 23.1. The molecule has 2 aromatic carbocycles. The highest BCUT2D eigenvalue weighted by atomic mass is 35.5. The van der Waals surface area contributed by atoms with E-state index in [1.54, 1.807) is 30.3 Å². The third-order valence-electron chi connectivity index (χ3n) is 4.18. The highest BCUT2D eigenvalue weighted by Crippen LogP contribution is 2.26. The van der Waals surface area contributed by atoms with Gasteiger partial charge in [-0.15, -0.1) is 0 Å². The molecule has 0 bridgehead atoms. The lowest BCUT2D eigenvalue weighted by Gasteiger charge is -2.28. The van der Waals surface area contributed by atoms with E-state index < -0.39 is 15.9 Å². The summed E-state index contributed by atoms with van der Waals surface area (Å²) in [4.78, 5) is 2.31. The van der Waals surface area contributed by atoms with E-state index in [2.05, 4.69) is 0 Å². The fourth-order valence-electron chi connectivity index (χ4n) is 2.52. The van der Waals surface area contributed by atoms with E-state index in [0.717, 1.165) is 5.56 Å². The highest BCUT2D eigenvalue weighted by molar-refractivity contribution is 7.90. The Morgan fingerprint density at radius 2 is 1.71 bits per heavy atom. The number of aliphatic hydroxyl groups is 1. The van der Waals surface area contributed by atoms with E-state index in [1.807, 2.05) is 37.1 Å². The molecule has 0 saturated carbocycles. The summed E-state index contributed by atoms with van der Waals surface area (Å²) >= 11 is 6.12. The number of aliphatic hydroxyl groups excluding tert-OH is 1. The van der Waals surface area contributed by atoms with Crippen LogP contribution in [0.25, 0.3) is 0 Å². The van der Waals surface area contributed by atoms with Crippen molar-refractivity contribution < 1.29 is 13.5 Å². The van der Waals surface area contributed by atoms with Gasteiger partial charge < -0.3 is 5.11 Å². The normalized spacial score (nSPS) is 14.6. The second-order valence-corrected chi connectivity index (χ2v) is 8.42. The standard InChI is InChI=1S/C18H22ClNO3S/c1-13(14-8-10-15(11-9-14)24(3,22)23)20(2)12-18(21)16-6-4-5-7-17(16)19/h4-11,13,18,21H,12H2,1-3H3. The van der Waals surface area contributed by atoms with Crippen LogP contribution in [-0.4, -0.2) is 38.3 Å². The van der Waals surface area contributed by atoms with Crippen molar-refractivity contribution in [3.05, 3.63) is 64.7 Å². The molecule has 0 aliphatic carbocycles. The summed E-state index contributed by atoms with van der Waals surface area (Å²) in [6, 6.07) is 14.1. The smallest absolute Gasteiger partial charge is 0.175 e. The van der Waals surface area contributed by atoms with Crippen molar-refractivity contribution in [1.29, 1.82) is 0 Å². The van der Waals surface area contributed by atoms with Gasteiger partial charge in [-0.1, -0.05) is 41.9 Å². The van der Waals surface area contributed by atoms with Gasteiger partial charge in [-0.05, 0) is 37.7 Å². The first-order chi connectivity index (χ1) is 11.2. The lowest BCUT2D eigenvalue weighted by molar-refractivity contribution is 0.108. The van der Waals surface area contributed by atoms with Gasteiger partial charge in [0.2, 0.25) is 0 Å². The summed E-state index contributed by atoms with van der Waals surface area (Å²) in [5.74, 6) is 0. The molecule has 24 heavy (non-hydrogen) atoms. The zero-order chi connectivity index (χ0) is 17.9. The second-order valence-electron chi connectivity index (χ2n) is 5.99. The minimum absolute atomic E-state index is 0.0238. The number of likely N-dealkylation sites (N-methyl/N-ethyl adjacent to an activating group) is 1. The van der Waals surface area contributed by atoms with Crippen LogP contribution < -0.4 is 0 Å². The third-order valence-corrected chi connectivity index (χ3v) is 5.65. The molecular formula is C18H22ClNO3S. The molecule has 0 aromatic heterocycles. The largest absolute Gasteiger partial charge is 0.387 e. The van der Waals surface area contributed by atoms with E-state index >= 15 is 0 Å². The van der Waals surface area contributed by atoms with Crippen molar-refractivity contribution >= 4 is 21.4 Å². The SMILES string of the molecule is CC(c1ccc(S(C)(=O)=O)cc1)N(C)CC(O)c1ccccc1Cl. The molecule has 0 aliphatic rings. The van der Waals surface area contributed by atoms with Crippen molar-refractivity contribution in [3.63, 3.8) is 0 Å². The van der Waals surface area contributed by atoms with Crippen LogP contribution >= 0.6 is 11.6 Å². The Morgan fingerprint density at radius 3 is 2.25 bits per heavy atom. The number of sulfone groups is 1. The van der Waals surface area contributed by atoms with Crippen LogP contribution in [0.3, 0.4) is 0 Å². The lowest BCUT2D eigenvalue weighted by atomic mass is 10.1. The van der Waals surface area contributed by atoms with Crippen LogP contribution in [0.2, 0.25) is 5.02 Å². The molecule has 2 rings (SSSR count). The minimum Gasteiger partial charge on any atom is -0.387 e. The molecule has 0 heterocycles. The molecule has 0 saturated heterocycles. The Balaban J connectivity index is 2.09. The fourth-order valence-corrected chi connectivity index (χ4v) is 3.41. The maximum atomic E-state index is 11.5. The van der Waals surface area contributed by atoms with E-state index in [-0.39, 0.29) is 6.04 Å². The number of halogens is 1. The van der Waals surface area contributed by atoms with Gasteiger partial charge in [0.05, 0.1) is 11.0 Å². The van der Waals surface area contributed by atoms with Crippen LogP contribution in [0.15, 0.2) is 53.4 Å². The molecule has 0 fully saturated rings. The first kappa shape index (κ1) is 18.9. The molecule has 2 unspecified atom stereocenters. The van der Waals surface area contributed by atoms with Gasteiger partial charge in [0, 0.05) is 29.4 Å². The predicted molar refractivity (Wildman–Crippen MR) is 97.0 cm³/mol. The zero-order valence-electron chi connectivity index (χ0n) is 14.0. The Kier molecular flexibility index (Phi) is 6.04. The van der Waals surface area contributed by atoms with Crippen molar-refractivity contribution in [2.24, 2.45) is 0 Å². The van der Waals surface area contributed by atoms with Crippen LogP contribution in [0, 0.1) is 0 Å². The number of benzene rings is 2. The summed E-state index contributed by atoms with van der Waals surface area (Å²) in [7, 11) is -1.28. The molecule has 130 valence electrons. The van der Waals surface area contributed by atoms with Crippen LogP contribution in [-0.2, 0) is 9.84 Å². The Morgan fingerprint density at radius 1 is 1.12 bits per heavy atom. The summed E-state index contributed by atoms with van der Waals surface area (Å²) in [6.07, 6.45) is 0.499. The Hall–Kier alpha value is -1.40. The summed E-state index contributed by atoms with van der Waals surface area (Å²) in [5, 5.41) is 11.0. The molecule has 2 atom stereocenters. The zero-order valence-corrected chi connectivity index (χ0v) is 15.6. The topological polar surface area (TPSA) is 57.6 Å². The van der Waals surface area contributed by atoms with Crippen molar-refractivity contribution in [3.8, 4) is 0 Å². The van der Waals surface area contributed by atoms with Crippen LogP contribution in [0.1, 0.15) is 30.2 Å². The van der Waals surface area contributed by atoms with Crippen molar-refractivity contribution in [1.82, 2.24) is 4.90 Å². The maximum Gasteiger partial charge on any atom is 0.175 e. The van der Waals surface area contributed by atoms with Crippen LogP contribution in [0.5, 0.6) is 0 Å². The Bertz CT molecular complexity index is 790. The average Bonchev–Trinajstić information content (AvgIpc) is 2.53. The Labute approximate surface area is 148 Å². The quantitative estimate of drug-likeness (QED) is 0.849. The molecule has 0 spiro atoms. The fraction of sp³-hybridized carbons (Fsp3) is 0.333. The van der Waals surface area contributed by atoms with Gasteiger partial charge in [0.25, 0.3) is 0 Å². The highest BCUT2D eigenvalue weighted by Gasteiger charge is 2.18. The summed E-state index contributed by atoms with van der Waals surface area (Å²) in [5.41, 5.74) is 1.68. The second kappa shape index (κ2) is 7.66. The van der Waals surface area contributed by atoms with E-state index in [9.17, 15) is 13.5 Å². The van der Waals surface area contributed by atoms with Gasteiger partial charge in [-0.25, -0.2) is 8.42 Å². The number of hydrogen-bond acceptors (Lipinski definition) is 4. The van der Waals surface area contributed by atoms with Gasteiger partial charge in [0.1, 0.15) is 0 Å². The molecule has 6 heteroatoms. The molecule has 0 radical (unpaired) electrons. The summed E-state index contributed by atoms with van der Waals surface area (Å²) in [6.45, 7) is 2.42. The molecular weight excluding hydrogens is 346 g/mol. The van der Waals surface area contributed by atoms with Crippen molar-refractivity contribution in [2.75, 3.05) is 19.8 Å². The maximum absolute atomic E-state index is 11.5. The molecule has 1 N–H and O–H groups in total. The van der Waals surface area contributed by atoms with Gasteiger partial charge in [-0.2, -0.15) is 0 Å². The number of hydrogen-bond donors (Lipinski definition) is 1. The minimum atomic E-state index is -3.19. The third kappa shape index (κ3) is 4.57. The number of rotatable bonds is 6. The molecule has 2 aromatic rings. The molecule has 0 amide bonds. The predicted octanol–water partition coefficient (Wildman–Crippen LogP) is 3.47. The van der Waals surface area contributed by atoms with Gasteiger partial charge >= 0.3 is 0 Å². The van der Waals surface area contributed by atoms with Crippen LogP contribution in [0.4, 0.5) is 0 Å². The molecule has 0 aliphatic heterocycles. The molecule has 4 nitrogen and oxygen atoms in total. The van der Waals surface area contributed by atoms with Gasteiger partial charge in [0.15, 0.2) is 9.84 Å². The number of nitrogens with zero attached hydrogens (tertiary/aromatic N) is 1. The monoisotopic (exact) mass is 367 g/mol. The van der Waals surface area contributed by atoms with Gasteiger partial charge in [-0.3, -0.25) is 4.90 Å². The van der Waals surface area contributed by atoms with E-state index in [1.165, 1.54) is 6.26 Å². The van der Waals surface area contributed by atoms with Crippen molar-refractivity contribution in [2.45, 2.75) is 24.0 Å². The van der Waals surface area contributed by atoms with E-state index in [0.29, 0.717) is 22.0 Å².